The number of hydrogen-bond donors (Lipinski definition) is 3. The van der Waals surface area contributed by atoms with E-state index in [0.717, 1.165) is 6.54 Å². The SMILES string of the molecule is C[C@H](CO)NC(=O)NC[C@H]1C[C@]12CCCc1ccccc12. The molecule has 3 atom stereocenters. The standard InChI is InChI=1S/C17H24N2O2/c1-12(11-20)19-16(21)18-10-14-9-17(14)8-4-6-13-5-2-3-7-15(13)17/h2-3,5,7,12,14,20H,4,6,8-11H2,1H3,(H2,18,19,21)/t12-,14-,17-/m1/s1. The molecule has 0 unspecified atom stereocenters. The molecule has 1 aromatic carbocycles. The highest BCUT2D eigenvalue weighted by Gasteiger charge is 2.56. The summed E-state index contributed by atoms with van der Waals surface area (Å²) in [6, 6.07) is 8.38. The van der Waals surface area contributed by atoms with E-state index in [1.54, 1.807) is 6.92 Å². The number of fused-ring (bicyclic) bond motifs is 2. The molecular weight excluding hydrogens is 264 g/mol. The van der Waals surface area contributed by atoms with Crippen molar-refractivity contribution >= 4 is 6.03 Å². The van der Waals surface area contributed by atoms with Gasteiger partial charge in [-0.3, -0.25) is 0 Å². The number of aliphatic hydroxyl groups excluding tert-OH is 1. The highest BCUT2D eigenvalue weighted by atomic mass is 16.3. The van der Waals surface area contributed by atoms with Gasteiger partial charge in [-0.05, 0) is 49.7 Å². The van der Waals surface area contributed by atoms with Gasteiger partial charge in [0.1, 0.15) is 0 Å². The summed E-state index contributed by atoms with van der Waals surface area (Å²) in [6.07, 6.45) is 4.86. The lowest BCUT2D eigenvalue weighted by molar-refractivity contribution is 0.220. The lowest BCUT2D eigenvalue weighted by atomic mass is 9.78. The molecule has 4 nitrogen and oxygen atoms in total. The number of benzene rings is 1. The summed E-state index contributed by atoms with van der Waals surface area (Å²) in [4.78, 5) is 11.7. The number of urea groups is 1. The normalized spacial score (nSPS) is 27.8. The molecular formula is C17H24N2O2. The quantitative estimate of drug-likeness (QED) is 0.793. The van der Waals surface area contributed by atoms with Gasteiger partial charge >= 0.3 is 6.03 Å². The summed E-state index contributed by atoms with van der Waals surface area (Å²) in [5.41, 5.74) is 3.31. The van der Waals surface area contributed by atoms with Crippen molar-refractivity contribution in [2.24, 2.45) is 5.92 Å². The fourth-order valence-corrected chi connectivity index (χ4v) is 3.77. The Kier molecular flexibility index (Phi) is 3.89. The van der Waals surface area contributed by atoms with E-state index in [1.807, 2.05) is 0 Å². The third-order valence-corrected chi connectivity index (χ3v) is 5.02. The Balaban J connectivity index is 1.58. The lowest BCUT2D eigenvalue weighted by Crippen LogP contribution is -2.43. The van der Waals surface area contributed by atoms with Crippen molar-refractivity contribution in [3.8, 4) is 0 Å². The summed E-state index contributed by atoms with van der Waals surface area (Å²) in [7, 11) is 0. The fraction of sp³-hybridized carbons (Fsp3) is 0.588. The van der Waals surface area contributed by atoms with Crippen LogP contribution in [-0.4, -0.2) is 30.3 Å². The minimum Gasteiger partial charge on any atom is -0.394 e. The van der Waals surface area contributed by atoms with Gasteiger partial charge in [-0.15, -0.1) is 0 Å². The number of nitrogens with one attached hydrogen (secondary N) is 2. The minimum absolute atomic E-state index is 0.0336. The van der Waals surface area contributed by atoms with E-state index in [0.29, 0.717) is 11.3 Å². The number of aliphatic hydroxyl groups is 1. The van der Waals surface area contributed by atoms with E-state index in [-0.39, 0.29) is 18.7 Å². The van der Waals surface area contributed by atoms with Gasteiger partial charge in [0.05, 0.1) is 12.6 Å². The maximum absolute atomic E-state index is 11.7. The molecule has 0 aromatic heterocycles. The Morgan fingerprint density at radius 2 is 2.29 bits per heavy atom. The molecule has 0 radical (unpaired) electrons. The predicted molar refractivity (Wildman–Crippen MR) is 82.2 cm³/mol. The summed E-state index contributed by atoms with van der Waals surface area (Å²) in [5, 5.41) is 14.6. The van der Waals surface area contributed by atoms with E-state index in [1.165, 1.54) is 36.8 Å². The van der Waals surface area contributed by atoms with Crippen LogP contribution in [0.3, 0.4) is 0 Å². The van der Waals surface area contributed by atoms with Crippen LogP contribution in [0.25, 0.3) is 0 Å². The zero-order valence-electron chi connectivity index (χ0n) is 12.6. The first-order valence-corrected chi connectivity index (χ1v) is 7.89. The zero-order valence-corrected chi connectivity index (χ0v) is 12.6. The topological polar surface area (TPSA) is 61.4 Å². The second-order valence-corrected chi connectivity index (χ2v) is 6.51. The summed E-state index contributed by atoms with van der Waals surface area (Å²) < 4.78 is 0. The molecule has 3 N–H and O–H groups in total. The van der Waals surface area contributed by atoms with Crippen LogP contribution in [0.2, 0.25) is 0 Å². The Morgan fingerprint density at radius 1 is 1.48 bits per heavy atom. The van der Waals surface area contributed by atoms with Crippen molar-refractivity contribution in [1.82, 2.24) is 10.6 Å². The van der Waals surface area contributed by atoms with E-state index < -0.39 is 0 Å². The molecule has 0 heterocycles. The predicted octanol–water partition coefficient (Wildman–Crippen LogP) is 1.96. The third kappa shape index (κ3) is 2.77. The fourth-order valence-electron chi connectivity index (χ4n) is 3.77. The Hall–Kier alpha value is -1.55. The van der Waals surface area contributed by atoms with Crippen molar-refractivity contribution in [3.05, 3.63) is 35.4 Å². The number of carbonyl (C=O) groups is 1. The van der Waals surface area contributed by atoms with Crippen LogP contribution in [-0.2, 0) is 11.8 Å². The highest BCUT2D eigenvalue weighted by Crippen LogP contribution is 2.59. The summed E-state index contributed by atoms with van der Waals surface area (Å²) in [6.45, 7) is 2.47. The molecule has 21 heavy (non-hydrogen) atoms. The van der Waals surface area contributed by atoms with E-state index in [9.17, 15) is 4.79 Å². The van der Waals surface area contributed by atoms with Crippen LogP contribution in [0.1, 0.15) is 37.3 Å². The molecule has 0 saturated heterocycles. The summed E-state index contributed by atoms with van der Waals surface area (Å²) in [5.74, 6) is 0.550. The molecule has 2 aliphatic carbocycles. The van der Waals surface area contributed by atoms with Gasteiger partial charge in [-0.2, -0.15) is 0 Å². The Morgan fingerprint density at radius 3 is 3.10 bits per heavy atom. The first-order valence-electron chi connectivity index (χ1n) is 7.89. The Labute approximate surface area is 125 Å². The van der Waals surface area contributed by atoms with Crippen LogP contribution in [0, 0.1) is 5.92 Å². The van der Waals surface area contributed by atoms with Gasteiger partial charge in [-0.1, -0.05) is 24.3 Å². The van der Waals surface area contributed by atoms with Crippen LogP contribution in [0.5, 0.6) is 0 Å². The monoisotopic (exact) mass is 288 g/mol. The van der Waals surface area contributed by atoms with E-state index >= 15 is 0 Å². The van der Waals surface area contributed by atoms with Gasteiger partial charge in [0.15, 0.2) is 0 Å². The van der Waals surface area contributed by atoms with Crippen LogP contribution < -0.4 is 10.6 Å². The van der Waals surface area contributed by atoms with Gasteiger partial charge in [-0.25, -0.2) is 4.79 Å². The molecule has 114 valence electrons. The number of carbonyl (C=O) groups excluding carboxylic acids is 1. The average Bonchev–Trinajstić information content (AvgIpc) is 3.19. The zero-order chi connectivity index (χ0) is 14.9. The van der Waals surface area contributed by atoms with Crippen LogP contribution in [0.15, 0.2) is 24.3 Å². The molecule has 1 aromatic rings. The highest BCUT2D eigenvalue weighted by molar-refractivity contribution is 5.74. The van der Waals surface area contributed by atoms with Crippen LogP contribution >= 0.6 is 0 Å². The van der Waals surface area contributed by atoms with Crippen LogP contribution in [0.4, 0.5) is 4.79 Å². The van der Waals surface area contributed by atoms with Gasteiger partial charge in [0.25, 0.3) is 0 Å². The molecule has 2 aliphatic rings. The van der Waals surface area contributed by atoms with Gasteiger partial charge < -0.3 is 15.7 Å². The minimum atomic E-state index is -0.200. The largest absolute Gasteiger partial charge is 0.394 e. The van der Waals surface area contributed by atoms with Crippen molar-refractivity contribution in [3.63, 3.8) is 0 Å². The third-order valence-electron chi connectivity index (χ3n) is 5.02. The van der Waals surface area contributed by atoms with Crippen molar-refractivity contribution in [2.45, 2.75) is 44.1 Å². The Bertz CT molecular complexity index is 531. The molecule has 2 amide bonds. The van der Waals surface area contributed by atoms with Gasteiger partial charge in [0.2, 0.25) is 0 Å². The summed E-state index contributed by atoms with van der Waals surface area (Å²) >= 11 is 0. The number of rotatable bonds is 4. The van der Waals surface area contributed by atoms with Crippen molar-refractivity contribution < 1.29 is 9.90 Å². The van der Waals surface area contributed by atoms with Crippen molar-refractivity contribution in [1.29, 1.82) is 0 Å². The second kappa shape index (κ2) is 5.68. The average molecular weight is 288 g/mol. The first kappa shape index (κ1) is 14.4. The molecule has 1 saturated carbocycles. The maximum Gasteiger partial charge on any atom is 0.315 e. The number of hydrogen-bond acceptors (Lipinski definition) is 2. The molecule has 3 rings (SSSR count). The smallest absolute Gasteiger partial charge is 0.315 e. The molecule has 1 spiro atoms. The molecule has 0 aliphatic heterocycles. The lowest BCUT2D eigenvalue weighted by Gasteiger charge is -2.26. The van der Waals surface area contributed by atoms with Crippen molar-refractivity contribution in [2.75, 3.05) is 13.2 Å². The molecule has 4 heteroatoms. The molecule has 0 bridgehead atoms. The second-order valence-electron chi connectivity index (χ2n) is 6.51. The van der Waals surface area contributed by atoms with Gasteiger partial charge in [0, 0.05) is 12.0 Å². The number of aryl methyl sites for hydroxylation is 1. The molecule has 1 fully saturated rings. The number of amides is 2. The van der Waals surface area contributed by atoms with E-state index in [4.69, 9.17) is 5.11 Å². The van der Waals surface area contributed by atoms with E-state index in [2.05, 4.69) is 34.9 Å². The maximum atomic E-state index is 11.7. The first-order chi connectivity index (χ1) is 10.2.